The van der Waals surface area contributed by atoms with E-state index in [4.69, 9.17) is 0 Å². The van der Waals surface area contributed by atoms with Crippen molar-refractivity contribution in [1.29, 1.82) is 0 Å². The van der Waals surface area contributed by atoms with Gasteiger partial charge in [-0.3, -0.25) is 9.58 Å². The third-order valence-electron chi connectivity index (χ3n) is 5.75. The van der Waals surface area contributed by atoms with Crippen LogP contribution < -0.4 is 0 Å². The van der Waals surface area contributed by atoms with Gasteiger partial charge in [0, 0.05) is 75.2 Å². The zero-order valence-corrected chi connectivity index (χ0v) is 17.4. The summed E-state index contributed by atoms with van der Waals surface area (Å²) in [5, 5.41) is 5.77. The molecule has 0 aliphatic carbocycles. The van der Waals surface area contributed by atoms with Crippen molar-refractivity contribution in [3.63, 3.8) is 0 Å². The number of piperazine rings is 1. The first kappa shape index (κ1) is 18.7. The summed E-state index contributed by atoms with van der Waals surface area (Å²) in [6.07, 6.45) is 4.08. The Morgan fingerprint density at radius 1 is 1.14 bits per heavy atom. The zero-order chi connectivity index (χ0) is 19.8. The number of nitrogens with zero attached hydrogens (tertiary/aromatic N) is 6. The second kappa shape index (κ2) is 7.43. The van der Waals surface area contributed by atoms with Crippen LogP contribution in [0.15, 0.2) is 43.0 Å². The van der Waals surface area contributed by atoms with Crippen LogP contribution in [0.2, 0.25) is 0 Å². The van der Waals surface area contributed by atoms with Crippen LogP contribution in [-0.4, -0.2) is 62.4 Å². The van der Waals surface area contributed by atoms with Gasteiger partial charge in [-0.15, -0.1) is 0 Å². The lowest BCUT2D eigenvalue weighted by molar-refractivity contribution is 0.192. The van der Waals surface area contributed by atoms with E-state index in [-0.39, 0.29) is 0 Å². The molecule has 0 atom stereocenters. The SMILES string of the molecule is C=C1CN(CCn2cc(C(C)C)c3cc(-c4ncn(C)n4)ccc32)CCN1C. The van der Waals surface area contributed by atoms with Gasteiger partial charge < -0.3 is 9.47 Å². The highest BCUT2D eigenvalue weighted by Crippen LogP contribution is 2.31. The molecule has 1 aliphatic rings. The molecule has 6 nitrogen and oxygen atoms in total. The highest BCUT2D eigenvalue weighted by Gasteiger charge is 2.18. The maximum Gasteiger partial charge on any atom is 0.181 e. The quantitative estimate of drug-likeness (QED) is 0.683. The zero-order valence-electron chi connectivity index (χ0n) is 17.4. The lowest BCUT2D eigenvalue weighted by atomic mass is 10.0. The van der Waals surface area contributed by atoms with Crippen LogP contribution in [0.1, 0.15) is 25.3 Å². The Morgan fingerprint density at radius 2 is 1.96 bits per heavy atom. The number of benzene rings is 1. The third kappa shape index (κ3) is 3.56. The van der Waals surface area contributed by atoms with Crippen LogP contribution in [0.5, 0.6) is 0 Å². The van der Waals surface area contributed by atoms with Gasteiger partial charge in [0.05, 0.1) is 0 Å². The van der Waals surface area contributed by atoms with Gasteiger partial charge in [0.25, 0.3) is 0 Å². The fourth-order valence-corrected chi connectivity index (χ4v) is 3.93. The van der Waals surface area contributed by atoms with E-state index in [9.17, 15) is 0 Å². The molecule has 2 aromatic heterocycles. The van der Waals surface area contributed by atoms with Crippen molar-refractivity contribution >= 4 is 10.9 Å². The molecular formula is C22H30N6. The standard InChI is InChI=1S/C22H30N6/c1-16(2)20-14-28(11-10-27-9-8-25(4)17(3)13-27)21-7-6-18(12-19(20)21)22-23-15-26(5)24-22/h6-7,12,14-16H,3,8-11,13H2,1-2,4-5H3. The summed E-state index contributed by atoms with van der Waals surface area (Å²) in [5.41, 5.74) is 4.95. The summed E-state index contributed by atoms with van der Waals surface area (Å²) in [4.78, 5) is 9.16. The number of aryl methyl sites for hydroxylation is 1. The van der Waals surface area contributed by atoms with Crippen LogP contribution in [-0.2, 0) is 13.6 Å². The van der Waals surface area contributed by atoms with Crippen LogP contribution in [0.3, 0.4) is 0 Å². The van der Waals surface area contributed by atoms with E-state index in [0.29, 0.717) is 5.92 Å². The van der Waals surface area contributed by atoms with Gasteiger partial charge in [-0.1, -0.05) is 20.4 Å². The van der Waals surface area contributed by atoms with Crippen molar-refractivity contribution < 1.29 is 0 Å². The maximum absolute atomic E-state index is 4.46. The van der Waals surface area contributed by atoms with Crippen molar-refractivity contribution in [2.45, 2.75) is 26.3 Å². The summed E-state index contributed by atoms with van der Waals surface area (Å²) >= 11 is 0. The van der Waals surface area contributed by atoms with Crippen molar-refractivity contribution in [3.05, 3.63) is 48.6 Å². The monoisotopic (exact) mass is 378 g/mol. The van der Waals surface area contributed by atoms with E-state index >= 15 is 0 Å². The van der Waals surface area contributed by atoms with E-state index in [2.05, 4.69) is 76.3 Å². The summed E-state index contributed by atoms with van der Waals surface area (Å²) < 4.78 is 4.15. The molecule has 1 aliphatic heterocycles. The van der Waals surface area contributed by atoms with Crippen molar-refractivity contribution in [1.82, 2.24) is 29.1 Å². The van der Waals surface area contributed by atoms with Gasteiger partial charge in [0.15, 0.2) is 5.82 Å². The van der Waals surface area contributed by atoms with Gasteiger partial charge in [-0.2, -0.15) is 5.10 Å². The molecule has 6 heteroatoms. The Hall–Kier alpha value is -2.60. The topological polar surface area (TPSA) is 42.1 Å². The minimum absolute atomic E-state index is 0.471. The Balaban J connectivity index is 1.61. The van der Waals surface area contributed by atoms with Gasteiger partial charge in [0.2, 0.25) is 0 Å². The van der Waals surface area contributed by atoms with Crippen molar-refractivity contribution in [2.24, 2.45) is 7.05 Å². The molecule has 4 rings (SSSR count). The van der Waals surface area contributed by atoms with E-state index in [0.717, 1.165) is 44.1 Å². The number of fused-ring (bicyclic) bond motifs is 1. The highest BCUT2D eigenvalue weighted by atomic mass is 15.3. The average Bonchev–Trinajstić information content (AvgIpc) is 3.26. The first-order valence-electron chi connectivity index (χ1n) is 10.0. The molecule has 1 aromatic carbocycles. The molecule has 0 spiro atoms. The summed E-state index contributed by atoms with van der Waals surface area (Å²) in [5.74, 6) is 1.25. The summed E-state index contributed by atoms with van der Waals surface area (Å²) in [7, 11) is 4.03. The molecule has 0 bridgehead atoms. The van der Waals surface area contributed by atoms with Crippen LogP contribution in [0.25, 0.3) is 22.3 Å². The van der Waals surface area contributed by atoms with Gasteiger partial charge in [-0.05, 0) is 29.7 Å². The first-order valence-corrected chi connectivity index (χ1v) is 10.0. The van der Waals surface area contributed by atoms with E-state index in [1.165, 1.54) is 22.2 Å². The van der Waals surface area contributed by atoms with Gasteiger partial charge >= 0.3 is 0 Å². The smallest absolute Gasteiger partial charge is 0.181 e. The average molecular weight is 379 g/mol. The molecule has 28 heavy (non-hydrogen) atoms. The van der Waals surface area contributed by atoms with E-state index in [1.54, 1.807) is 11.0 Å². The fraction of sp³-hybridized carbons (Fsp3) is 0.455. The Kier molecular flexibility index (Phi) is 4.98. The number of hydrogen-bond donors (Lipinski definition) is 0. The minimum Gasteiger partial charge on any atom is -0.376 e. The lowest BCUT2D eigenvalue weighted by Crippen LogP contribution is -2.43. The first-order chi connectivity index (χ1) is 13.4. The normalized spacial score (nSPS) is 15.9. The summed E-state index contributed by atoms with van der Waals surface area (Å²) in [6.45, 7) is 13.8. The number of rotatable bonds is 5. The molecule has 148 valence electrons. The number of aromatic nitrogens is 4. The molecule has 3 aromatic rings. The second-order valence-electron chi connectivity index (χ2n) is 8.17. The molecule has 1 saturated heterocycles. The van der Waals surface area contributed by atoms with Crippen molar-refractivity contribution in [3.8, 4) is 11.4 Å². The van der Waals surface area contributed by atoms with Crippen molar-refractivity contribution in [2.75, 3.05) is 33.2 Å². The minimum atomic E-state index is 0.471. The Bertz CT molecular complexity index is 996. The molecule has 0 saturated carbocycles. The Labute approximate surface area is 167 Å². The van der Waals surface area contributed by atoms with Crippen LogP contribution >= 0.6 is 0 Å². The highest BCUT2D eigenvalue weighted by molar-refractivity contribution is 5.88. The predicted octanol–water partition coefficient (Wildman–Crippen LogP) is 3.32. The largest absolute Gasteiger partial charge is 0.376 e. The van der Waals surface area contributed by atoms with Crippen LogP contribution in [0, 0.1) is 0 Å². The molecule has 0 radical (unpaired) electrons. The van der Waals surface area contributed by atoms with Gasteiger partial charge in [-0.25, -0.2) is 4.98 Å². The second-order valence-corrected chi connectivity index (χ2v) is 8.17. The molecule has 0 amide bonds. The lowest BCUT2D eigenvalue weighted by Gasteiger charge is -2.35. The molecular weight excluding hydrogens is 348 g/mol. The maximum atomic E-state index is 4.46. The number of likely N-dealkylation sites (N-methyl/N-ethyl adjacent to an activating group) is 1. The molecule has 1 fully saturated rings. The molecule has 0 unspecified atom stereocenters. The van der Waals surface area contributed by atoms with E-state index < -0.39 is 0 Å². The molecule has 0 N–H and O–H groups in total. The van der Waals surface area contributed by atoms with E-state index in [1.807, 2.05) is 7.05 Å². The predicted molar refractivity (Wildman–Crippen MR) is 114 cm³/mol. The van der Waals surface area contributed by atoms with Gasteiger partial charge in [0.1, 0.15) is 6.33 Å². The molecule has 3 heterocycles. The number of hydrogen-bond acceptors (Lipinski definition) is 4. The summed E-state index contributed by atoms with van der Waals surface area (Å²) in [6, 6.07) is 6.60. The van der Waals surface area contributed by atoms with Crippen LogP contribution in [0.4, 0.5) is 0 Å². The third-order valence-corrected chi connectivity index (χ3v) is 5.75. The fourth-order valence-electron chi connectivity index (χ4n) is 3.93. The Morgan fingerprint density at radius 3 is 2.64 bits per heavy atom.